The Morgan fingerprint density at radius 3 is 0.895 bits per heavy atom. The topological polar surface area (TPSA) is 92.6 Å². The van der Waals surface area contributed by atoms with Crippen LogP contribution in [0.15, 0.2) is 27.1 Å². The smallest absolute Gasteiger partial charge is 0.309 e. The normalized spacial score (nSPS) is 30.5. The van der Waals surface area contributed by atoms with Gasteiger partial charge < -0.3 is 9.05 Å². The third-order valence-electron chi connectivity index (χ3n) is 3.44. The molecule has 38 heavy (non-hydrogen) atoms. The van der Waals surface area contributed by atoms with Crippen LogP contribution in [0.1, 0.15) is 0 Å². The number of rotatable bonds is 9. The maximum absolute atomic E-state index is 14.3. The van der Waals surface area contributed by atoms with E-state index in [0.717, 1.165) is 0 Å². The SMILES string of the molecule is FC(F)(COP1(Cl)=NP(Cl)(Cl)=NP(Cl)(Cl)=N1)C(F)(F)C(F)(F)C(F)(F)COP1(Cl)=NP(Cl)(Cl)=NP(Cl)(Cl)=N1. The Morgan fingerprint density at radius 2 is 0.658 bits per heavy atom. The van der Waals surface area contributed by atoms with Gasteiger partial charge in [-0.1, -0.05) is 0 Å². The molecule has 2 heterocycles. The van der Waals surface area contributed by atoms with E-state index < -0.39 is 74.1 Å². The third kappa shape index (κ3) is 9.10. The van der Waals surface area contributed by atoms with Crippen molar-refractivity contribution in [2.24, 2.45) is 27.1 Å². The van der Waals surface area contributed by atoms with Crippen LogP contribution < -0.4 is 0 Å². The van der Waals surface area contributed by atoms with Gasteiger partial charge in [-0.2, -0.15) is 62.2 Å². The molecular weight excluding hydrogens is 880 g/mol. The standard InChI is InChI=1S/C6H4Cl10F8N6O2P6/c7-33(8)25-34(9,10)28-37(15,27-33)31-1-3(17,18)5(21,22)6(23,24)4(19,20)2-32-38(16)29-35(11,12)26-36(13,14)30-38/h1-2H2. The average Bonchev–Trinajstić information content (AvgIpc) is 2.59. The Kier molecular flexibility index (Phi) is 11.7. The predicted octanol–water partition coefficient (Wildman–Crippen LogP) is 15.7. The van der Waals surface area contributed by atoms with E-state index in [-0.39, 0.29) is 0 Å². The lowest BCUT2D eigenvalue weighted by molar-refractivity contribution is -0.371. The van der Waals surface area contributed by atoms with Gasteiger partial charge in [0.05, 0.1) is 0 Å². The zero-order chi connectivity index (χ0) is 30.1. The summed E-state index contributed by atoms with van der Waals surface area (Å²) < 4.78 is 143. The van der Waals surface area contributed by atoms with E-state index in [0.29, 0.717) is 0 Å². The zero-order valence-corrected chi connectivity index (χ0v) is 29.3. The first-order valence-electron chi connectivity index (χ1n) is 8.00. The summed E-state index contributed by atoms with van der Waals surface area (Å²) in [7, 11) is 0. The molecule has 0 fully saturated rings. The molecule has 0 bridgehead atoms. The van der Waals surface area contributed by atoms with Crippen molar-refractivity contribution in [1.29, 1.82) is 0 Å². The molecule has 0 aromatic rings. The van der Waals surface area contributed by atoms with Gasteiger partial charge in [-0.05, 0) is 112 Å². The number of hydrogen-bond donors (Lipinski definition) is 0. The van der Waals surface area contributed by atoms with E-state index in [1.54, 1.807) is 0 Å². The van der Waals surface area contributed by atoms with Crippen molar-refractivity contribution in [2.45, 2.75) is 23.7 Å². The van der Waals surface area contributed by atoms with Crippen LogP contribution >= 0.6 is 150 Å². The van der Waals surface area contributed by atoms with Crippen molar-refractivity contribution in [3.05, 3.63) is 0 Å². The molecule has 8 nitrogen and oxygen atoms in total. The lowest BCUT2D eigenvalue weighted by atomic mass is 9.99. The van der Waals surface area contributed by atoms with Crippen molar-refractivity contribution >= 4 is 150 Å². The van der Waals surface area contributed by atoms with Gasteiger partial charge >= 0.3 is 23.7 Å². The van der Waals surface area contributed by atoms with Crippen molar-refractivity contribution in [3.63, 3.8) is 0 Å². The highest BCUT2D eigenvalue weighted by Crippen LogP contribution is 2.88. The Labute approximate surface area is 256 Å². The maximum atomic E-state index is 14.3. The monoisotopic (exact) mass is 880 g/mol. The van der Waals surface area contributed by atoms with Crippen LogP contribution in [0.25, 0.3) is 0 Å². The summed E-state index contributed by atoms with van der Waals surface area (Å²) in [5, 5.41) is 0. The molecule has 2 rings (SSSR count). The molecule has 32 heteroatoms. The van der Waals surface area contributed by atoms with Crippen LogP contribution in [0.2, 0.25) is 0 Å². The van der Waals surface area contributed by atoms with Gasteiger partial charge in [-0.15, -0.1) is 0 Å². The molecule has 2 atom stereocenters. The zero-order valence-electron chi connectivity index (χ0n) is 16.4. The first-order chi connectivity index (χ1) is 16.4. The molecule has 0 saturated carbocycles. The van der Waals surface area contributed by atoms with Crippen molar-refractivity contribution in [2.75, 3.05) is 13.2 Å². The van der Waals surface area contributed by atoms with Crippen LogP contribution in [0.3, 0.4) is 0 Å². The Hall–Kier alpha value is 3.64. The molecule has 0 spiro atoms. The second-order valence-electron chi connectivity index (χ2n) is 6.41. The minimum absolute atomic E-state index is 2.76. The van der Waals surface area contributed by atoms with E-state index in [4.69, 9.17) is 112 Å². The Balaban J connectivity index is 2.34. The first kappa shape index (κ1) is 37.8. The summed E-state index contributed by atoms with van der Waals surface area (Å²) in [6.07, 6.45) is 0. The van der Waals surface area contributed by atoms with Gasteiger partial charge in [0, 0.05) is 0 Å². The summed E-state index contributed by atoms with van der Waals surface area (Å²) in [4.78, 5) is 0. The molecule has 0 aromatic carbocycles. The fourth-order valence-corrected chi connectivity index (χ4v) is 35.0. The maximum Gasteiger partial charge on any atom is 0.380 e. The largest absolute Gasteiger partial charge is 0.380 e. The molecule has 0 saturated heterocycles. The molecule has 2 aliphatic heterocycles. The van der Waals surface area contributed by atoms with Crippen LogP contribution in [0.4, 0.5) is 35.1 Å². The summed E-state index contributed by atoms with van der Waals surface area (Å²) in [6.45, 7) is -14.7. The van der Waals surface area contributed by atoms with Crippen molar-refractivity contribution in [1.82, 2.24) is 0 Å². The third-order valence-corrected chi connectivity index (χ3v) is 27.5. The molecule has 0 N–H and O–H groups in total. The minimum atomic E-state index is -6.86. The first-order valence-corrected chi connectivity index (χ1v) is 27.1. The molecule has 0 amide bonds. The number of alkyl halides is 8. The number of hydrogen-bond acceptors (Lipinski definition) is 8. The van der Waals surface area contributed by atoms with Crippen molar-refractivity contribution in [3.8, 4) is 0 Å². The highest BCUT2D eigenvalue weighted by molar-refractivity contribution is 8.23. The van der Waals surface area contributed by atoms with Crippen molar-refractivity contribution < 1.29 is 44.2 Å². The fourth-order valence-electron chi connectivity index (χ4n) is 1.97. The van der Waals surface area contributed by atoms with Crippen LogP contribution in [0, 0.1) is 0 Å². The van der Waals surface area contributed by atoms with Crippen LogP contribution in [-0.2, 0) is 9.05 Å². The lowest BCUT2D eigenvalue weighted by Crippen LogP contribution is -2.64. The van der Waals surface area contributed by atoms with Gasteiger partial charge in [0.15, 0.2) is 0 Å². The van der Waals surface area contributed by atoms with Gasteiger partial charge in [0.1, 0.15) is 13.2 Å². The fraction of sp³-hybridized carbons (Fsp3) is 1.00. The number of nitrogens with zero attached hydrogens (tertiary/aromatic N) is 6. The Morgan fingerprint density at radius 1 is 0.421 bits per heavy atom. The van der Waals surface area contributed by atoms with Gasteiger partial charge in [-0.3, -0.25) is 0 Å². The van der Waals surface area contributed by atoms with Gasteiger partial charge in [0.2, 0.25) is 0 Å². The average molecular weight is 884 g/mol. The quantitative estimate of drug-likeness (QED) is 0.170. The molecule has 2 aliphatic rings. The second-order valence-corrected chi connectivity index (χ2v) is 32.8. The van der Waals surface area contributed by atoms with Gasteiger partial charge in [-0.25, -0.2) is 0 Å². The van der Waals surface area contributed by atoms with E-state index in [1.165, 1.54) is 0 Å². The minimum Gasteiger partial charge on any atom is -0.309 e. The summed E-state index contributed by atoms with van der Waals surface area (Å²) >= 11 is 56.5. The van der Waals surface area contributed by atoms with Gasteiger partial charge in [0.25, 0.3) is 37.2 Å². The summed E-state index contributed by atoms with van der Waals surface area (Å²) in [6, 6.07) is 0. The van der Waals surface area contributed by atoms with Crippen LogP contribution in [0.5, 0.6) is 0 Å². The molecule has 0 aliphatic carbocycles. The van der Waals surface area contributed by atoms with E-state index in [9.17, 15) is 35.1 Å². The molecule has 0 radical (unpaired) electrons. The molecule has 2 unspecified atom stereocenters. The lowest BCUT2D eigenvalue weighted by Gasteiger charge is -2.37. The van der Waals surface area contributed by atoms with Crippen LogP contribution in [-0.4, -0.2) is 36.9 Å². The molecular formula is C6H4Cl10F8N6O2P6. The van der Waals surface area contributed by atoms with E-state index in [1.807, 2.05) is 0 Å². The van der Waals surface area contributed by atoms with E-state index in [2.05, 4.69) is 36.1 Å². The highest BCUT2D eigenvalue weighted by Gasteiger charge is 2.80. The highest BCUT2D eigenvalue weighted by atomic mass is 35.9. The predicted molar refractivity (Wildman–Crippen MR) is 146 cm³/mol. The number of halogens is 18. The summed E-state index contributed by atoms with van der Waals surface area (Å²) in [5.41, 5.74) is 0. The second kappa shape index (κ2) is 11.8. The van der Waals surface area contributed by atoms with E-state index >= 15 is 0 Å². The Bertz CT molecular complexity index is 1220. The molecule has 0 aromatic heterocycles. The molecule has 226 valence electrons. The summed E-state index contributed by atoms with van der Waals surface area (Å²) in [5.74, 6) is -41.5.